The molecule has 1 aromatic heterocycles. The molecule has 0 saturated carbocycles. The molecule has 0 aliphatic heterocycles. The van der Waals surface area contributed by atoms with Crippen LogP contribution in [0.4, 0.5) is 5.69 Å². The Morgan fingerprint density at radius 1 is 1.29 bits per heavy atom. The van der Waals surface area contributed by atoms with Gasteiger partial charge in [-0.2, -0.15) is 5.26 Å². The van der Waals surface area contributed by atoms with Crippen LogP contribution in [0, 0.1) is 28.4 Å². The minimum atomic E-state index is -1.19. The van der Waals surface area contributed by atoms with E-state index in [1.54, 1.807) is 12.3 Å². The van der Waals surface area contributed by atoms with Gasteiger partial charge in [-0.15, -0.1) is 11.3 Å². The monoisotopic (exact) mass is 403 g/mol. The summed E-state index contributed by atoms with van der Waals surface area (Å²) in [5, 5.41) is 22.1. The van der Waals surface area contributed by atoms with Crippen molar-refractivity contribution >= 4 is 34.7 Å². The van der Waals surface area contributed by atoms with Crippen LogP contribution in [0.1, 0.15) is 37.3 Å². The third-order valence-electron chi connectivity index (χ3n) is 3.47. The Morgan fingerprint density at radius 2 is 1.93 bits per heavy atom. The highest BCUT2D eigenvalue weighted by molar-refractivity contribution is 7.09. The maximum Gasteiger partial charge on any atom is 0.338 e. The number of methoxy groups -OCH3 is 1. The number of esters is 2. The summed E-state index contributed by atoms with van der Waals surface area (Å²) in [5.41, 5.74) is -0.393. The Morgan fingerprint density at radius 3 is 2.43 bits per heavy atom. The predicted octanol–water partition coefficient (Wildman–Crippen LogP) is 2.18. The molecule has 1 atom stereocenters. The molecule has 28 heavy (non-hydrogen) atoms. The Kier molecular flexibility index (Phi) is 6.51. The number of benzene rings is 1. The van der Waals surface area contributed by atoms with E-state index < -0.39 is 40.9 Å². The summed E-state index contributed by atoms with van der Waals surface area (Å²) in [6.45, 7) is 0.978. The molecule has 2 aromatic rings. The fourth-order valence-electron chi connectivity index (χ4n) is 2.14. The molecule has 0 saturated heterocycles. The zero-order chi connectivity index (χ0) is 20.8. The number of carbonyl (C=O) groups excluding carboxylic acids is 3. The molecule has 0 radical (unpaired) electrons. The summed E-state index contributed by atoms with van der Waals surface area (Å²) < 4.78 is 9.36. The Bertz CT molecular complexity index is 993. The van der Waals surface area contributed by atoms with Gasteiger partial charge in [-0.3, -0.25) is 14.9 Å². The fraction of sp³-hybridized carbons (Fsp3) is 0.235. The normalized spacial score (nSPS) is 11.2. The Labute approximate surface area is 162 Å². The van der Waals surface area contributed by atoms with Crippen molar-refractivity contribution < 1.29 is 28.8 Å². The number of hydrogen-bond donors (Lipinski definition) is 0. The van der Waals surface area contributed by atoms with Gasteiger partial charge in [0.05, 0.1) is 29.2 Å². The van der Waals surface area contributed by atoms with E-state index in [0.29, 0.717) is 5.69 Å². The van der Waals surface area contributed by atoms with E-state index in [1.807, 2.05) is 6.07 Å². The summed E-state index contributed by atoms with van der Waals surface area (Å²) in [7, 11) is 1.08. The number of aromatic nitrogens is 1. The lowest BCUT2D eigenvalue weighted by atomic mass is 10.1. The van der Waals surface area contributed by atoms with Crippen molar-refractivity contribution in [2.45, 2.75) is 12.8 Å². The summed E-state index contributed by atoms with van der Waals surface area (Å²) in [6, 6.07) is 4.72. The smallest absolute Gasteiger partial charge is 0.338 e. The first kappa shape index (κ1) is 20.7. The molecule has 0 aliphatic rings. The highest BCUT2D eigenvalue weighted by atomic mass is 32.1. The average molecular weight is 403 g/mol. The van der Waals surface area contributed by atoms with Crippen LogP contribution in [-0.4, -0.2) is 41.3 Å². The number of nitro benzene ring substituents is 1. The van der Waals surface area contributed by atoms with E-state index >= 15 is 0 Å². The summed E-state index contributed by atoms with van der Waals surface area (Å²) in [6.07, 6.45) is 0. The van der Waals surface area contributed by atoms with Gasteiger partial charge in [-0.25, -0.2) is 14.6 Å². The van der Waals surface area contributed by atoms with Crippen molar-refractivity contribution in [3.8, 4) is 6.07 Å². The first-order valence-electron chi connectivity index (χ1n) is 7.66. The topological polar surface area (TPSA) is 149 Å². The van der Waals surface area contributed by atoms with Crippen molar-refractivity contribution in [3.63, 3.8) is 0 Å². The van der Waals surface area contributed by atoms with E-state index in [4.69, 9.17) is 4.74 Å². The molecule has 0 aliphatic carbocycles. The minimum Gasteiger partial charge on any atom is -0.465 e. The molecule has 0 fully saturated rings. The molecule has 2 rings (SSSR count). The first-order chi connectivity index (χ1) is 13.3. The van der Waals surface area contributed by atoms with Crippen LogP contribution in [0.25, 0.3) is 0 Å². The highest BCUT2D eigenvalue weighted by Gasteiger charge is 2.25. The number of ether oxygens (including phenoxy) is 2. The third-order valence-corrected chi connectivity index (χ3v) is 4.49. The molecule has 10 nitrogen and oxygen atoms in total. The molecule has 0 bridgehead atoms. The van der Waals surface area contributed by atoms with Crippen LogP contribution in [0.5, 0.6) is 0 Å². The zero-order valence-corrected chi connectivity index (χ0v) is 15.5. The molecule has 0 unspecified atom stereocenters. The van der Waals surface area contributed by atoms with Crippen molar-refractivity contribution in [2.24, 2.45) is 0 Å². The number of carbonyl (C=O) groups is 3. The van der Waals surface area contributed by atoms with Crippen molar-refractivity contribution in [1.82, 2.24) is 4.98 Å². The van der Waals surface area contributed by atoms with Crippen LogP contribution in [-0.2, 0) is 14.3 Å². The van der Waals surface area contributed by atoms with Gasteiger partial charge in [0, 0.05) is 23.2 Å². The number of rotatable bonds is 7. The lowest BCUT2D eigenvalue weighted by Crippen LogP contribution is -2.20. The molecule has 1 aromatic carbocycles. The van der Waals surface area contributed by atoms with Gasteiger partial charge >= 0.3 is 11.9 Å². The SMILES string of the molecule is COC(=O)c1cc(C(=O)OCC(=O)[C@@H](C#N)c2nc(C)cs2)cc([N+](=O)[O-])c1. The number of nitrogens with zero attached hydrogens (tertiary/aromatic N) is 3. The molecule has 144 valence electrons. The maximum absolute atomic E-state index is 12.2. The van der Waals surface area contributed by atoms with E-state index in [-0.39, 0.29) is 16.1 Å². The van der Waals surface area contributed by atoms with Gasteiger partial charge in [0.15, 0.2) is 18.3 Å². The molecule has 0 spiro atoms. The maximum atomic E-state index is 12.2. The highest BCUT2D eigenvalue weighted by Crippen LogP contribution is 2.22. The second-order valence-corrected chi connectivity index (χ2v) is 6.34. The lowest BCUT2D eigenvalue weighted by molar-refractivity contribution is -0.384. The number of hydrogen-bond acceptors (Lipinski definition) is 10. The van der Waals surface area contributed by atoms with Crippen molar-refractivity contribution in [1.29, 1.82) is 5.26 Å². The largest absolute Gasteiger partial charge is 0.465 e. The third kappa shape index (κ3) is 4.74. The number of nitriles is 1. The summed E-state index contributed by atoms with van der Waals surface area (Å²) in [5.74, 6) is -3.82. The summed E-state index contributed by atoms with van der Waals surface area (Å²) >= 11 is 1.13. The van der Waals surface area contributed by atoms with Crippen molar-refractivity contribution in [2.75, 3.05) is 13.7 Å². The first-order valence-corrected chi connectivity index (χ1v) is 8.54. The predicted molar refractivity (Wildman–Crippen MR) is 94.9 cm³/mol. The molecule has 0 amide bonds. The lowest BCUT2D eigenvalue weighted by Gasteiger charge is -2.08. The van der Waals surface area contributed by atoms with E-state index in [9.17, 15) is 29.8 Å². The average Bonchev–Trinajstić information content (AvgIpc) is 3.11. The van der Waals surface area contributed by atoms with Gasteiger partial charge in [-0.05, 0) is 13.0 Å². The number of nitro groups is 1. The second-order valence-electron chi connectivity index (χ2n) is 5.45. The van der Waals surface area contributed by atoms with Crippen LogP contribution in [0.15, 0.2) is 23.6 Å². The molecular weight excluding hydrogens is 390 g/mol. The van der Waals surface area contributed by atoms with Gasteiger partial charge in [-0.1, -0.05) is 0 Å². The summed E-state index contributed by atoms with van der Waals surface area (Å²) in [4.78, 5) is 50.3. The van der Waals surface area contributed by atoms with Crippen LogP contribution < -0.4 is 0 Å². The van der Waals surface area contributed by atoms with Gasteiger partial charge in [0.2, 0.25) is 0 Å². The van der Waals surface area contributed by atoms with E-state index in [2.05, 4.69) is 9.72 Å². The number of Topliss-reactive ketones (excluding diaryl/α,β-unsaturated/α-hetero) is 1. The number of ketones is 1. The standard InChI is InChI=1S/C17H13N3O7S/c1-9-8-28-15(19-9)13(6-18)14(21)7-27-17(23)11-3-10(16(22)26-2)4-12(5-11)20(24)25/h3-5,8,13H,7H2,1-2H3/t13-/m1/s1. The molecule has 1 heterocycles. The Balaban J connectivity index is 2.17. The van der Waals surface area contributed by atoms with Crippen LogP contribution in [0.3, 0.4) is 0 Å². The van der Waals surface area contributed by atoms with Crippen LogP contribution in [0.2, 0.25) is 0 Å². The van der Waals surface area contributed by atoms with Gasteiger partial charge in [0.25, 0.3) is 5.69 Å². The molecule has 0 N–H and O–H groups in total. The van der Waals surface area contributed by atoms with Crippen LogP contribution >= 0.6 is 11.3 Å². The number of non-ortho nitro benzene ring substituents is 1. The second kappa shape index (κ2) is 8.83. The number of thiazole rings is 1. The van der Waals surface area contributed by atoms with E-state index in [1.165, 1.54) is 0 Å². The fourth-order valence-corrected chi connectivity index (χ4v) is 3.00. The quantitative estimate of drug-likeness (QED) is 0.385. The Hall–Kier alpha value is -3.65. The van der Waals surface area contributed by atoms with Gasteiger partial charge < -0.3 is 9.47 Å². The van der Waals surface area contributed by atoms with E-state index in [0.717, 1.165) is 36.6 Å². The zero-order valence-electron chi connectivity index (χ0n) is 14.7. The minimum absolute atomic E-state index is 0.219. The number of aryl methyl sites for hydroxylation is 1. The van der Waals surface area contributed by atoms with Crippen molar-refractivity contribution in [3.05, 3.63) is 55.5 Å². The molecule has 11 heteroatoms. The molecular formula is C17H13N3O7S. The van der Waals surface area contributed by atoms with Gasteiger partial charge in [0.1, 0.15) is 5.01 Å².